The first-order chi connectivity index (χ1) is 12.9. The van der Waals surface area contributed by atoms with E-state index in [2.05, 4.69) is 20.6 Å². The molecule has 1 fully saturated rings. The number of anilines is 3. The van der Waals surface area contributed by atoms with Gasteiger partial charge in [0.25, 0.3) is 5.91 Å². The minimum Gasteiger partial charge on any atom is -0.365 e. The van der Waals surface area contributed by atoms with Gasteiger partial charge in [0, 0.05) is 18.3 Å². The summed E-state index contributed by atoms with van der Waals surface area (Å²) in [5.74, 6) is -0.692. The zero-order valence-corrected chi connectivity index (χ0v) is 15.5. The summed E-state index contributed by atoms with van der Waals surface area (Å²) in [5, 5.41) is 6.02. The first kappa shape index (κ1) is 19.0. The van der Waals surface area contributed by atoms with Crippen LogP contribution in [0, 0.1) is 5.82 Å². The summed E-state index contributed by atoms with van der Waals surface area (Å²) in [5.41, 5.74) is 13.2. The number of pyridine rings is 2. The summed E-state index contributed by atoms with van der Waals surface area (Å²) in [6.07, 6.45) is 6.49. The van der Waals surface area contributed by atoms with Crippen LogP contribution in [0.4, 0.5) is 21.7 Å². The predicted octanol–water partition coefficient (Wildman–Crippen LogP) is 2.87. The van der Waals surface area contributed by atoms with E-state index in [-0.39, 0.29) is 29.3 Å². The van der Waals surface area contributed by atoms with Crippen LogP contribution in [0.2, 0.25) is 0 Å². The van der Waals surface area contributed by atoms with Crippen LogP contribution in [0.1, 0.15) is 54.9 Å². The summed E-state index contributed by atoms with van der Waals surface area (Å²) in [6.45, 7) is 3.81. The van der Waals surface area contributed by atoms with E-state index in [1.165, 1.54) is 0 Å². The molecule has 6 N–H and O–H groups in total. The van der Waals surface area contributed by atoms with Crippen molar-refractivity contribution in [3.63, 3.8) is 0 Å². The normalized spacial score (nSPS) is 15.9. The van der Waals surface area contributed by atoms with Crippen molar-refractivity contribution in [3.8, 4) is 0 Å². The standard InChI is InChI=1S/C19H25FN6O/c1-3-16(21)10(2)24-19-15(20)7-14(17(22)27)18(26-19)25-13-6-12(8-23-9-13)11-4-5-11/h6-11,16H,3-5,21H2,1-2H3,(H2,22,27)(H2,24,25,26)/t10-,16+/m1/s1. The van der Waals surface area contributed by atoms with Gasteiger partial charge in [-0.15, -0.1) is 0 Å². The minimum absolute atomic E-state index is 0.0187. The molecular formula is C19H25FN6O. The number of aromatic nitrogens is 2. The summed E-state index contributed by atoms with van der Waals surface area (Å²) in [7, 11) is 0. The molecule has 2 aromatic rings. The molecule has 0 bridgehead atoms. The predicted molar refractivity (Wildman–Crippen MR) is 104 cm³/mol. The molecule has 1 saturated carbocycles. The maximum atomic E-state index is 14.4. The fourth-order valence-electron chi connectivity index (χ4n) is 2.85. The van der Waals surface area contributed by atoms with Crippen LogP contribution < -0.4 is 22.1 Å². The molecule has 1 aliphatic rings. The molecule has 1 aliphatic carbocycles. The van der Waals surface area contributed by atoms with Crippen LogP contribution in [0.5, 0.6) is 0 Å². The number of amides is 1. The quantitative estimate of drug-likeness (QED) is 0.566. The highest BCUT2D eigenvalue weighted by molar-refractivity contribution is 5.98. The van der Waals surface area contributed by atoms with Gasteiger partial charge in [-0.3, -0.25) is 9.78 Å². The number of rotatable bonds is 8. The van der Waals surface area contributed by atoms with Crippen molar-refractivity contribution in [1.82, 2.24) is 9.97 Å². The van der Waals surface area contributed by atoms with Gasteiger partial charge in [-0.05, 0) is 49.8 Å². The van der Waals surface area contributed by atoms with Gasteiger partial charge >= 0.3 is 0 Å². The highest BCUT2D eigenvalue weighted by atomic mass is 19.1. The number of nitrogens with one attached hydrogen (secondary N) is 2. The molecule has 2 heterocycles. The Balaban J connectivity index is 1.90. The third-order valence-corrected chi connectivity index (χ3v) is 4.79. The van der Waals surface area contributed by atoms with Crippen molar-refractivity contribution >= 4 is 23.2 Å². The van der Waals surface area contributed by atoms with Crippen molar-refractivity contribution in [2.45, 2.75) is 51.1 Å². The Morgan fingerprint density at radius 2 is 2.07 bits per heavy atom. The molecule has 0 aliphatic heterocycles. The largest absolute Gasteiger partial charge is 0.365 e. The second kappa shape index (κ2) is 7.87. The first-order valence-electron chi connectivity index (χ1n) is 9.13. The smallest absolute Gasteiger partial charge is 0.252 e. The molecule has 27 heavy (non-hydrogen) atoms. The molecule has 2 atom stereocenters. The number of primary amides is 1. The van der Waals surface area contributed by atoms with E-state index in [1.54, 1.807) is 6.20 Å². The van der Waals surface area contributed by atoms with Crippen LogP contribution >= 0.6 is 0 Å². The molecule has 3 rings (SSSR count). The van der Waals surface area contributed by atoms with Crippen molar-refractivity contribution in [2.75, 3.05) is 10.6 Å². The number of nitrogens with zero attached hydrogens (tertiary/aromatic N) is 2. The van der Waals surface area contributed by atoms with Crippen LogP contribution in [-0.2, 0) is 0 Å². The van der Waals surface area contributed by atoms with E-state index in [9.17, 15) is 9.18 Å². The van der Waals surface area contributed by atoms with Crippen LogP contribution in [0.15, 0.2) is 24.5 Å². The zero-order valence-electron chi connectivity index (χ0n) is 15.5. The molecule has 1 amide bonds. The number of hydrogen-bond acceptors (Lipinski definition) is 6. The average molecular weight is 372 g/mol. The zero-order chi connectivity index (χ0) is 19.6. The van der Waals surface area contributed by atoms with Crippen LogP contribution in [-0.4, -0.2) is 28.0 Å². The van der Waals surface area contributed by atoms with E-state index in [1.807, 2.05) is 26.1 Å². The van der Waals surface area contributed by atoms with E-state index in [0.717, 1.165) is 30.9 Å². The second-order valence-corrected chi connectivity index (χ2v) is 6.99. The molecule has 0 saturated heterocycles. The van der Waals surface area contributed by atoms with E-state index in [0.29, 0.717) is 11.6 Å². The fourth-order valence-corrected chi connectivity index (χ4v) is 2.85. The van der Waals surface area contributed by atoms with Gasteiger partial charge in [-0.2, -0.15) is 0 Å². The molecule has 7 nitrogen and oxygen atoms in total. The summed E-state index contributed by atoms with van der Waals surface area (Å²) in [6, 6.07) is 2.70. The number of halogens is 1. The monoisotopic (exact) mass is 372 g/mol. The van der Waals surface area contributed by atoms with Crippen molar-refractivity contribution in [1.29, 1.82) is 0 Å². The fraction of sp³-hybridized carbons (Fsp3) is 0.421. The summed E-state index contributed by atoms with van der Waals surface area (Å²) >= 11 is 0. The van der Waals surface area contributed by atoms with Gasteiger partial charge in [0.2, 0.25) is 0 Å². The average Bonchev–Trinajstić information content (AvgIpc) is 3.48. The SMILES string of the molecule is CC[C@H](N)[C@@H](C)Nc1nc(Nc2cncc(C3CC3)c2)c(C(N)=O)cc1F. The third kappa shape index (κ3) is 4.51. The Morgan fingerprint density at radius 3 is 2.70 bits per heavy atom. The molecular weight excluding hydrogens is 347 g/mol. The Bertz CT molecular complexity index is 839. The Labute approximate surface area is 157 Å². The molecule has 0 unspecified atom stereocenters. The summed E-state index contributed by atoms with van der Waals surface area (Å²) in [4.78, 5) is 20.2. The number of carbonyl (C=O) groups is 1. The Morgan fingerprint density at radius 1 is 1.33 bits per heavy atom. The van der Waals surface area contributed by atoms with E-state index < -0.39 is 11.7 Å². The second-order valence-electron chi connectivity index (χ2n) is 6.99. The van der Waals surface area contributed by atoms with Crippen LogP contribution in [0.25, 0.3) is 0 Å². The highest BCUT2D eigenvalue weighted by Crippen LogP contribution is 2.40. The van der Waals surface area contributed by atoms with Crippen LogP contribution in [0.3, 0.4) is 0 Å². The van der Waals surface area contributed by atoms with Crippen molar-refractivity contribution in [3.05, 3.63) is 41.5 Å². The minimum atomic E-state index is -0.764. The molecule has 8 heteroatoms. The van der Waals surface area contributed by atoms with Gasteiger partial charge in [-0.25, -0.2) is 9.37 Å². The van der Waals surface area contributed by atoms with E-state index >= 15 is 0 Å². The first-order valence-corrected chi connectivity index (χ1v) is 9.13. The molecule has 2 aromatic heterocycles. The van der Waals surface area contributed by atoms with Crippen molar-refractivity contribution < 1.29 is 9.18 Å². The molecule has 0 aromatic carbocycles. The lowest BCUT2D eigenvalue weighted by molar-refractivity contribution is 0.100. The van der Waals surface area contributed by atoms with Crippen molar-refractivity contribution in [2.24, 2.45) is 11.5 Å². The molecule has 0 radical (unpaired) electrons. The Kier molecular flexibility index (Phi) is 5.55. The lowest BCUT2D eigenvalue weighted by atomic mass is 10.1. The molecule has 0 spiro atoms. The highest BCUT2D eigenvalue weighted by Gasteiger charge is 2.24. The lowest BCUT2D eigenvalue weighted by Crippen LogP contribution is -2.38. The van der Waals surface area contributed by atoms with E-state index in [4.69, 9.17) is 11.5 Å². The summed E-state index contributed by atoms with van der Waals surface area (Å²) < 4.78 is 14.4. The van der Waals surface area contributed by atoms with Gasteiger partial charge in [0.1, 0.15) is 5.82 Å². The maximum absolute atomic E-state index is 14.4. The van der Waals surface area contributed by atoms with Gasteiger partial charge in [-0.1, -0.05) is 6.92 Å². The Hall–Kier alpha value is -2.74. The van der Waals surface area contributed by atoms with Gasteiger partial charge in [0.15, 0.2) is 11.6 Å². The van der Waals surface area contributed by atoms with Gasteiger partial charge < -0.3 is 22.1 Å². The maximum Gasteiger partial charge on any atom is 0.252 e. The van der Waals surface area contributed by atoms with Gasteiger partial charge in [0.05, 0.1) is 17.4 Å². The third-order valence-electron chi connectivity index (χ3n) is 4.79. The molecule has 144 valence electrons. The number of hydrogen-bond donors (Lipinski definition) is 4. The number of carbonyl (C=O) groups excluding carboxylic acids is 1. The number of nitrogens with two attached hydrogens (primary N) is 2. The topological polar surface area (TPSA) is 119 Å². The lowest BCUT2D eigenvalue weighted by Gasteiger charge is -2.21.